The van der Waals surface area contributed by atoms with Crippen molar-refractivity contribution in [2.24, 2.45) is 5.92 Å². The second kappa shape index (κ2) is 10.5. The van der Waals surface area contributed by atoms with Crippen LogP contribution in [0.15, 0.2) is 0 Å². The molecule has 1 aliphatic heterocycles. The molecule has 1 rings (SSSR count). The average Bonchev–Trinajstić information content (AvgIpc) is 2.86. The van der Waals surface area contributed by atoms with Gasteiger partial charge in [0.25, 0.3) is 0 Å². The summed E-state index contributed by atoms with van der Waals surface area (Å²) >= 11 is 0. The largest absolute Gasteiger partial charge is 0.356 e. The molecule has 3 N–H and O–H groups in total. The molecular formula is C15H29N3O4S. The summed E-state index contributed by atoms with van der Waals surface area (Å²) in [5, 5.41) is 8.34. The third kappa shape index (κ3) is 9.43. The highest BCUT2D eigenvalue weighted by Crippen LogP contribution is 2.17. The second-order valence-electron chi connectivity index (χ2n) is 6.02. The van der Waals surface area contributed by atoms with Crippen molar-refractivity contribution in [3.8, 4) is 0 Å². The summed E-state index contributed by atoms with van der Waals surface area (Å²) in [5.41, 5.74) is 0. The van der Waals surface area contributed by atoms with Gasteiger partial charge in [-0.05, 0) is 25.2 Å². The maximum atomic E-state index is 11.6. The lowest BCUT2D eigenvalue weighted by Crippen LogP contribution is -2.38. The summed E-state index contributed by atoms with van der Waals surface area (Å²) in [7, 11) is -2.88. The molecule has 0 aromatic heterocycles. The molecule has 1 fully saturated rings. The van der Waals surface area contributed by atoms with Gasteiger partial charge >= 0.3 is 6.03 Å². The molecule has 134 valence electrons. The number of sulfone groups is 1. The van der Waals surface area contributed by atoms with Crippen molar-refractivity contribution in [3.63, 3.8) is 0 Å². The van der Waals surface area contributed by atoms with Crippen molar-refractivity contribution in [1.82, 2.24) is 16.0 Å². The first-order valence-corrected chi connectivity index (χ1v) is 10.2. The number of unbranched alkanes of at least 4 members (excludes halogenated alkanes) is 3. The van der Waals surface area contributed by atoms with Crippen molar-refractivity contribution < 1.29 is 18.0 Å². The van der Waals surface area contributed by atoms with Crippen LogP contribution in [-0.2, 0) is 14.6 Å². The van der Waals surface area contributed by atoms with E-state index in [1.165, 1.54) is 0 Å². The molecule has 0 radical (unpaired) electrons. The minimum Gasteiger partial charge on any atom is -0.356 e. The Balaban J connectivity index is 1.91. The van der Waals surface area contributed by atoms with Crippen molar-refractivity contribution in [1.29, 1.82) is 0 Å². The predicted molar refractivity (Wildman–Crippen MR) is 89.9 cm³/mol. The molecule has 0 aromatic rings. The van der Waals surface area contributed by atoms with Crippen LogP contribution in [0.3, 0.4) is 0 Å². The number of urea groups is 1. The minimum absolute atomic E-state index is 0.0454. The SMILES string of the molecule is CCC(=O)NCCCCCCNC(=O)NCC1CCS(=O)(=O)C1. The second-order valence-corrected chi connectivity index (χ2v) is 8.25. The minimum atomic E-state index is -2.88. The van der Waals surface area contributed by atoms with E-state index in [1.807, 2.05) is 6.92 Å². The van der Waals surface area contributed by atoms with Gasteiger partial charge in [0.1, 0.15) is 0 Å². The smallest absolute Gasteiger partial charge is 0.314 e. The number of amides is 3. The Hall–Kier alpha value is -1.31. The third-order valence-corrected chi connectivity index (χ3v) is 5.75. The topological polar surface area (TPSA) is 104 Å². The Morgan fingerprint density at radius 3 is 2.22 bits per heavy atom. The zero-order valence-electron chi connectivity index (χ0n) is 13.9. The molecule has 1 aliphatic rings. The summed E-state index contributed by atoms with van der Waals surface area (Å²) < 4.78 is 22.6. The Bertz CT molecular complexity index is 479. The van der Waals surface area contributed by atoms with E-state index >= 15 is 0 Å². The van der Waals surface area contributed by atoms with Gasteiger partial charge in [-0.3, -0.25) is 4.79 Å². The van der Waals surface area contributed by atoms with Crippen LogP contribution in [0.2, 0.25) is 0 Å². The highest BCUT2D eigenvalue weighted by Gasteiger charge is 2.27. The lowest BCUT2D eigenvalue weighted by molar-refractivity contribution is -0.120. The van der Waals surface area contributed by atoms with E-state index in [9.17, 15) is 18.0 Å². The number of hydrogen-bond acceptors (Lipinski definition) is 4. The molecule has 3 amide bonds. The summed E-state index contributed by atoms with van der Waals surface area (Å²) in [4.78, 5) is 22.6. The first kappa shape index (κ1) is 19.7. The normalized spacial score (nSPS) is 19.3. The molecule has 7 nitrogen and oxygen atoms in total. The van der Waals surface area contributed by atoms with E-state index in [0.717, 1.165) is 25.7 Å². The fourth-order valence-corrected chi connectivity index (χ4v) is 4.35. The number of rotatable bonds is 10. The quantitative estimate of drug-likeness (QED) is 0.509. The molecule has 0 saturated carbocycles. The van der Waals surface area contributed by atoms with Crippen molar-refractivity contribution in [2.45, 2.75) is 45.4 Å². The van der Waals surface area contributed by atoms with Gasteiger partial charge in [0.05, 0.1) is 11.5 Å². The fourth-order valence-electron chi connectivity index (χ4n) is 2.49. The van der Waals surface area contributed by atoms with Crippen LogP contribution < -0.4 is 16.0 Å². The first-order chi connectivity index (χ1) is 10.9. The molecule has 0 aromatic carbocycles. The predicted octanol–water partition coefficient (Wildman–Crippen LogP) is 0.807. The van der Waals surface area contributed by atoms with E-state index in [1.54, 1.807) is 0 Å². The van der Waals surface area contributed by atoms with E-state index < -0.39 is 9.84 Å². The van der Waals surface area contributed by atoms with Crippen molar-refractivity contribution in [2.75, 3.05) is 31.1 Å². The van der Waals surface area contributed by atoms with Gasteiger partial charge in [0.15, 0.2) is 9.84 Å². The van der Waals surface area contributed by atoms with Gasteiger partial charge in [0.2, 0.25) is 5.91 Å². The molecule has 1 saturated heterocycles. The van der Waals surface area contributed by atoms with Crippen molar-refractivity contribution in [3.05, 3.63) is 0 Å². The summed E-state index contributed by atoms with van der Waals surface area (Å²) in [6.07, 6.45) is 5.03. The van der Waals surface area contributed by atoms with Gasteiger partial charge in [0, 0.05) is 26.1 Å². The van der Waals surface area contributed by atoms with E-state index in [2.05, 4.69) is 16.0 Å². The van der Waals surface area contributed by atoms with Gasteiger partial charge in [-0.25, -0.2) is 13.2 Å². The summed E-state index contributed by atoms with van der Waals surface area (Å²) in [6, 6.07) is -0.232. The standard InChI is InChI=1S/C15H29N3O4S/c1-2-14(19)16-8-5-3-4-6-9-17-15(20)18-11-13-7-10-23(21,22)12-13/h13H,2-12H2,1H3,(H,16,19)(H2,17,18,20). The zero-order chi connectivity index (χ0) is 17.1. The van der Waals surface area contributed by atoms with Crippen LogP contribution in [0, 0.1) is 5.92 Å². The lowest BCUT2D eigenvalue weighted by atomic mass is 10.1. The first-order valence-electron chi connectivity index (χ1n) is 8.41. The molecule has 0 bridgehead atoms. The van der Waals surface area contributed by atoms with Gasteiger partial charge in [-0.15, -0.1) is 0 Å². The molecule has 1 heterocycles. The highest BCUT2D eigenvalue weighted by molar-refractivity contribution is 7.91. The summed E-state index contributed by atoms with van der Waals surface area (Å²) in [5.74, 6) is 0.545. The van der Waals surface area contributed by atoms with E-state index in [4.69, 9.17) is 0 Å². The maximum absolute atomic E-state index is 11.6. The molecule has 8 heteroatoms. The molecule has 0 spiro atoms. The molecular weight excluding hydrogens is 318 g/mol. The number of carbonyl (C=O) groups is 2. The van der Waals surface area contributed by atoms with Gasteiger partial charge in [-0.2, -0.15) is 0 Å². The zero-order valence-corrected chi connectivity index (χ0v) is 14.7. The number of carbonyl (C=O) groups excluding carboxylic acids is 2. The highest BCUT2D eigenvalue weighted by atomic mass is 32.2. The third-order valence-electron chi connectivity index (χ3n) is 3.91. The van der Waals surface area contributed by atoms with E-state index in [0.29, 0.717) is 32.5 Å². The molecule has 23 heavy (non-hydrogen) atoms. The Labute approximate surface area is 138 Å². The Morgan fingerprint density at radius 1 is 1.00 bits per heavy atom. The van der Waals surface area contributed by atoms with Crippen LogP contribution in [0.1, 0.15) is 45.4 Å². The maximum Gasteiger partial charge on any atom is 0.314 e. The molecule has 0 aliphatic carbocycles. The monoisotopic (exact) mass is 347 g/mol. The summed E-state index contributed by atoms with van der Waals surface area (Å²) in [6.45, 7) is 3.57. The Kier molecular flexibility index (Phi) is 8.98. The van der Waals surface area contributed by atoms with Gasteiger partial charge in [-0.1, -0.05) is 19.8 Å². The van der Waals surface area contributed by atoms with Crippen molar-refractivity contribution >= 4 is 21.8 Å². The Morgan fingerprint density at radius 2 is 1.65 bits per heavy atom. The molecule has 1 atom stereocenters. The number of nitrogens with one attached hydrogen (secondary N) is 3. The average molecular weight is 347 g/mol. The van der Waals surface area contributed by atoms with E-state index in [-0.39, 0.29) is 29.4 Å². The van der Waals surface area contributed by atoms with Crippen LogP contribution in [-0.4, -0.2) is 51.5 Å². The lowest BCUT2D eigenvalue weighted by Gasteiger charge is -2.10. The van der Waals surface area contributed by atoms with Gasteiger partial charge < -0.3 is 16.0 Å². The van der Waals surface area contributed by atoms with Crippen LogP contribution in [0.25, 0.3) is 0 Å². The van der Waals surface area contributed by atoms with Crippen LogP contribution in [0.5, 0.6) is 0 Å². The number of hydrogen-bond donors (Lipinski definition) is 3. The van der Waals surface area contributed by atoms with Crippen LogP contribution >= 0.6 is 0 Å². The fraction of sp³-hybridized carbons (Fsp3) is 0.867. The molecule has 1 unspecified atom stereocenters. The van der Waals surface area contributed by atoms with Crippen LogP contribution in [0.4, 0.5) is 4.79 Å².